The summed E-state index contributed by atoms with van der Waals surface area (Å²) in [7, 11) is 3.78. The smallest absolute Gasteiger partial charge is 0.378 e. The minimum absolute atomic E-state index is 0.0706. The Balaban J connectivity index is 2.17. The second kappa shape index (κ2) is 5.94. The van der Waals surface area contributed by atoms with Crippen LogP contribution >= 0.6 is 0 Å². The predicted molar refractivity (Wildman–Crippen MR) is 77.5 cm³/mol. The molecule has 0 aliphatic heterocycles. The first-order chi connectivity index (χ1) is 10.2. The molecular formula is C16H16F3NO2. The highest BCUT2D eigenvalue weighted by atomic mass is 19.4. The Morgan fingerprint density at radius 2 is 1.82 bits per heavy atom. The number of nitrogens with zero attached hydrogens (tertiary/aromatic N) is 1. The summed E-state index contributed by atoms with van der Waals surface area (Å²) in [5.74, 6) is -4.23. The molecule has 2 rings (SSSR count). The number of hydrogen-bond donors (Lipinski definition) is 0. The van der Waals surface area contributed by atoms with Crippen LogP contribution in [-0.2, 0) is 9.59 Å². The summed E-state index contributed by atoms with van der Waals surface area (Å²) < 4.78 is 37.3. The number of carbonyl (C=O) groups excluding carboxylic acids is 2. The lowest BCUT2D eigenvalue weighted by atomic mass is 10.00. The van der Waals surface area contributed by atoms with E-state index in [1.54, 1.807) is 18.2 Å². The molecule has 1 saturated carbocycles. The van der Waals surface area contributed by atoms with Crippen LogP contribution in [0.3, 0.4) is 0 Å². The van der Waals surface area contributed by atoms with Gasteiger partial charge >= 0.3 is 6.18 Å². The van der Waals surface area contributed by atoms with Crippen molar-refractivity contribution in [3.63, 3.8) is 0 Å². The molecule has 3 nitrogen and oxygen atoms in total. The van der Waals surface area contributed by atoms with Crippen LogP contribution < -0.4 is 4.90 Å². The normalized spacial score (nSPS) is 20.5. The molecule has 0 aromatic heterocycles. The molecule has 1 unspecified atom stereocenters. The summed E-state index contributed by atoms with van der Waals surface area (Å²) in [5, 5.41) is 0. The zero-order valence-electron chi connectivity index (χ0n) is 12.3. The minimum atomic E-state index is -4.96. The van der Waals surface area contributed by atoms with Crippen molar-refractivity contribution in [3.05, 3.63) is 35.4 Å². The molecule has 22 heavy (non-hydrogen) atoms. The standard InChI is InChI=1S/C16H16F3NO2/c1-20(2)12-6-3-10(4-7-12)9-11-5-8-13(14(11)21)15(22)16(17,18)19/h3-4,6-7,9,13H,5,8H2,1-2H3/b11-9+. The van der Waals surface area contributed by atoms with E-state index in [0.29, 0.717) is 0 Å². The van der Waals surface area contributed by atoms with Crippen molar-refractivity contribution in [3.8, 4) is 0 Å². The lowest BCUT2D eigenvalue weighted by Gasteiger charge is -2.12. The lowest BCUT2D eigenvalue weighted by Crippen LogP contribution is -2.32. The van der Waals surface area contributed by atoms with Gasteiger partial charge in [0.25, 0.3) is 0 Å². The predicted octanol–water partition coefficient (Wildman–Crippen LogP) is 3.25. The van der Waals surface area contributed by atoms with Crippen molar-refractivity contribution in [2.75, 3.05) is 19.0 Å². The summed E-state index contributed by atoms with van der Waals surface area (Å²) in [6, 6.07) is 7.28. The third-order valence-electron chi connectivity index (χ3n) is 3.68. The number of halogens is 3. The zero-order chi connectivity index (χ0) is 16.5. The fraction of sp³-hybridized carbons (Fsp3) is 0.375. The lowest BCUT2D eigenvalue weighted by molar-refractivity contribution is -0.176. The first-order valence-corrected chi connectivity index (χ1v) is 6.83. The van der Waals surface area contributed by atoms with Gasteiger partial charge < -0.3 is 4.90 Å². The van der Waals surface area contributed by atoms with E-state index >= 15 is 0 Å². The van der Waals surface area contributed by atoms with Gasteiger partial charge in [0.05, 0.1) is 5.92 Å². The number of allylic oxidation sites excluding steroid dienone is 1. The zero-order valence-corrected chi connectivity index (χ0v) is 12.3. The van der Waals surface area contributed by atoms with Crippen LogP contribution in [0, 0.1) is 5.92 Å². The van der Waals surface area contributed by atoms with Crippen LogP contribution in [0.5, 0.6) is 0 Å². The maximum atomic E-state index is 12.4. The molecule has 0 amide bonds. The van der Waals surface area contributed by atoms with E-state index < -0.39 is 23.7 Å². The third kappa shape index (κ3) is 3.37. The fourth-order valence-corrected chi connectivity index (χ4v) is 2.44. The molecule has 0 radical (unpaired) electrons. The topological polar surface area (TPSA) is 37.4 Å². The molecule has 1 aliphatic rings. The second-order valence-corrected chi connectivity index (χ2v) is 5.47. The maximum absolute atomic E-state index is 12.4. The van der Waals surface area contributed by atoms with Crippen LogP contribution in [0.2, 0.25) is 0 Å². The van der Waals surface area contributed by atoms with E-state index in [-0.39, 0.29) is 18.4 Å². The first-order valence-electron chi connectivity index (χ1n) is 6.83. The van der Waals surface area contributed by atoms with Gasteiger partial charge in [0, 0.05) is 19.8 Å². The molecular weight excluding hydrogens is 295 g/mol. The van der Waals surface area contributed by atoms with Crippen molar-refractivity contribution >= 4 is 23.3 Å². The molecule has 1 atom stereocenters. The highest BCUT2D eigenvalue weighted by Crippen LogP contribution is 2.34. The largest absolute Gasteiger partial charge is 0.450 e. The van der Waals surface area contributed by atoms with Gasteiger partial charge in [-0.25, -0.2) is 0 Å². The van der Waals surface area contributed by atoms with Gasteiger partial charge in [-0.05, 0) is 42.2 Å². The minimum Gasteiger partial charge on any atom is -0.378 e. The van der Waals surface area contributed by atoms with Crippen molar-refractivity contribution in [2.24, 2.45) is 5.92 Å². The SMILES string of the molecule is CN(C)c1ccc(/C=C2\CCC(C(=O)C(F)(F)F)C2=O)cc1. The average Bonchev–Trinajstić information content (AvgIpc) is 2.79. The summed E-state index contributed by atoms with van der Waals surface area (Å²) >= 11 is 0. The molecule has 1 aliphatic carbocycles. The number of alkyl halides is 3. The van der Waals surface area contributed by atoms with Crippen molar-refractivity contribution < 1.29 is 22.8 Å². The first kappa shape index (κ1) is 16.3. The van der Waals surface area contributed by atoms with Crippen LogP contribution in [0.4, 0.5) is 18.9 Å². The Labute approximate surface area is 126 Å². The van der Waals surface area contributed by atoms with Gasteiger partial charge in [0.15, 0.2) is 5.78 Å². The van der Waals surface area contributed by atoms with Crippen LogP contribution in [-0.4, -0.2) is 31.8 Å². The van der Waals surface area contributed by atoms with Gasteiger partial charge in [-0.1, -0.05) is 12.1 Å². The number of hydrogen-bond acceptors (Lipinski definition) is 3. The van der Waals surface area contributed by atoms with Gasteiger partial charge in [-0.2, -0.15) is 13.2 Å². The van der Waals surface area contributed by atoms with Gasteiger partial charge in [0.1, 0.15) is 0 Å². The fourth-order valence-electron chi connectivity index (χ4n) is 2.44. The number of Topliss-reactive ketones (excluding diaryl/α,β-unsaturated/α-hetero) is 2. The maximum Gasteiger partial charge on any atom is 0.450 e. The Kier molecular flexibility index (Phi) is 4.39. The Hall–Kier alpha value is -2.11. The van der Waals surface area contributed by atoms with Crippen molar-refractivity contribution in [2.45, 2.75) is 19.0 Å². The molecule has 118 valence electrons. The van der Waals surface area contributed by atoms with Crippen molar-refractivity contribution in [1.82, 2.24) is 0 Å². The average molecular weight is 311 g/mol. The van der Waals surface area contributed by atoms with Gasteiger partial charge in [-0.15, -0.1) is 0 Å². The van der Waals surface area contributed by atoms with Crippen LogP contribution in [0.15, 0.2) is 29.8 Å². The van der Waals surface area contributed by atoms with Crippen LogP contribution in [0.25, 0.3) is 6.08 Å². The Morgan fingerprint density at radius 1 is 1.23 bits per heavy atom. The van der Waals surface area contributed by atoms with E-state index in [1.807, 2.05) is 31.1 Å². The van der Waals surface area contributed by atoms with E-state index in [2.05, 4.69) is 0 Å². The van der Waals surface area contributed by atoms with E-state index in [1.165, 1.54) is 0 Å². The highest BCUT2D eigenvalue weighted by Gasteiger charge is 2.48. The van der Waals surface area contributed by atoms with E-state index in [0.717, 1.165) is 11.3 Å². The summed E-state index contributed by atoms with van der Waals surface area (Å²) in [5.41, 5.74) is 1.99. The monoisotopic (exact) mass is 311 g/mol. The van der Waals surface area contributed by atoms with Gasteiger partial charge in [0.2, 0.25) is 5.78 Å². The number of rotatable bonds is 3. The molecule has 0 bridgehead atoms. The van der Waals surface area contributed by atoms with Gasteiger partial charge in [-0.3, -0.25) is 9.59 Å². The Morgan fingerprint density at radius 3 is 2.32 bits per heavy atom. The summed E-state index contributed by atoms with van der Waals surface area (Å²) in [6.45, 7) is 0. The quantitative estimate of drug-likeness (QED) is 0.635. The number of carbonyl (C=O) groups is 2. The highest BCUT2D eigenvalue weighted by molar-refractivity contribution is 6.15. The Bertz CT molecular complexity index is 615. The van der Waals surface area contributed by atoms with E-state index in [9.17, 15) is 22.8 Å². The molecule has 1 fully saturated rings. The summed E-state index contributed by atoms with van der Waals surface area (Å²) in [4.78, 5) is 25.1. The molecule has 0 saturated heterocycles. The molecule has 0 N–H and O–H groups in total. The molecule has 0 spiro atoms. The van der Waals surface area contributed by atoms with E-state index in [4.69, 9.17) is 0 Å². The molecule has 6 heteroatoms. The third-order valence-corrected chi connectivity index (χ3v) is 3.68. The molecule has 1 aromatic carbocycles. The number of benzene rings is 1. The molecule has 0 heterocycles. The summed E-state index contributed by atoms with van der Waals surface area (Å²) in [6.07, 6.45) is -3.27. The second-order valence-electron chi connectivity index (χ2n) is 5.47. The molecule has 1 aromatic rings. The number of ketones is 2. The van der Waals surface area contributed by atoms with Crippen molar-refractivity contribution in [1.29, 1.82) is 0 Å². The van der Waals surface area contributed by atoms with Crippen LogP contribution in [0.1, 0.15) is 18.4 Å². The number of anilines is 1.